The molecule has 0 radical (unpaired) electrons. The minimum absolute atomic E-state index is 0.00236. The highest BCUT2D eigenvalue weighted by Crippen LogP contribution is 2.21. The average Bonchev–Trinajstić information content (AvgIpc) is 2.50. The molecule has 0 atom stereocenters. The van der Waals surface area contributed by atoms with Crippen LogP contribution in [-0.4, -0.2) is 40.9 Å². The van der Waals surface area contributed by atoms with E-state index in [4.69, 9.17) is 5.84 Å². The van der Waals surface area contributed by atoms with Crippen LogP contribution in [0.2, 0.25) is 0 Å². The van der Waals surface area contributed by atoms with Crippen LogP contribution in [0.5, 0.6) is 0 Å². The lowest BCUT2D eigenvalue weighted by Gasteiger charge is -2.16. The fraction of sp³-hybridized carbons (Fsp3) is 0.308. The number of nitrogens with two attached hydrogens (primary N) is 1. The van der Waals surface area contributed by atoms with Crippen molar-refractivity contribution in [2.75, 3.05) is 30.9 Å². The molecule has 2 rings (SSSR count). The van der Waals surface area contributed by atoms with Crippen LogP contribution in [-0.2, 0) is 4.79 Å². The molecule has 4 N–H and O–H groups in total. The summed E-state index contributed by atoms with van der Waals surface area (Å²) >= 11 is 0. The Hall–Kier alpha value is -2.41. The maximum absolute atomic E-state index is 11.8. The maximum Gasteiger partial charge on any atom is 0.241 e. The van der Waals surface area contributed by atoms with E-state index in [1.807, 2.05) is 31.2 Å². The van der Waals surface area contributed by atoms with E-state index < -0.39 is 0 Å². The Balaban J connectivity index is 2.26. The number of aromatic nitrogens is 2. The Morgan fingerprint density at radius 2 is 2.10 bits per heavy atom. The van der Waals surface area contributed by atoms with Crippen molar-refractivity contribution in [3.05, 3.63) is 24.3 Å². The SMILES string of the molecule is CCN(C)C(=O)CNc1nc(NN)nc2ccccc12. The van der Waals surface area contributed by atoms with Gasteiger partial charge in [0.15, 0.2) is 0 Å². The van der Waals surface area contributed by atoms with Crippen LogP contribution in [0.25, 0.3) is 10.9 Å². The molecule has 0 bridgehead atoms. The standard InChI is InChI=1S/C13H18N6O/c1-3-19(2)11(20)8-15-12-9-6-4-5-7-10(9)16-13(17-12)18-14/h4-7H,3,8,14H2,1-2H3,(H2,15,16,17,18). The molecular weight excluding hydrogens is 256 g/mol. The number of nitrogens with zero attached hydrogens (tertiary/aromatic N) is 3. The molecule has 0 aliphatic heterocycles. The van der Waals surface area contributed by atoms with Crippen LogP contribution in [0.1, 0.15) is 6.92 Å². The topological polar surface area (TPSA) is 96.2 Å². The Morgan fingerprint density at radius 3 is 2.80 bits per heavy atom. The molecule has 1 aromatic heterocycles. The number of hydrogen-bond acceptors (Lipinski definition) is 6. The van der Waals surface area contributed by atoms with Gasteiger partial charge in [-0.05, 0) is 19.1 Å². The van der Waals surface area contributed by atoms with Gasteiger partial charge in [-0.15, -0.1) is 0 Å². The number of nitrogens with one attached hydrogen (secondary N) is 2. The quantitative estimate of drug-likeness (QED) is 0.551. The third-order valence-electron chi connectivity index (χ3n) is 3.04. The van der Waals surface area contributed by atoms with E-state index in [2.05, 4.69) is 20.7 Å². The Labute approximate surface area is 117 Å². The second kappa shape index (κ2) is 6.16. The lowest BCUT2D eigenvalue weighted by Crippen LogP contribution is -2.32. The predicted octanol–water partition coefficient (Wildman–Crippen LogP) is 0.806. The zero-order valence-electron chi connectivity index (χ0n) is 11.6. The van der Waals surface area contributed by atoms with E-state index >= 15 is 0 Å². The number of likely N-dealkylation sites (N-methyl/N-ethyl adjacent to an activating group) is 1. The summed E-state index contributed by atoms with van der Waals surface area (Å²) < 4.78 is 0. The lowest BCUT2D eigenvalue weighted by atomic mass is 10.2. The first-order valence-electron chi connectivity index (χ1n) is 6.37. The lowest BCUT2D eigenvalue weighted by molar-refractivity contribution is -0.127. The summed E-state index contributed by atoms with van der Waals surface area (Å²) in [6, 6.07) is 7.54. The number of benzene rings is 1. The van der Waals surface area contributed by atoms with E-state index in [0.29, 0.717) is 18.3 Å². The maximum atomic E-state index is 11.8. The molecule has 0 aliphatic carbocycles. The van der Waals surface area contributed by atoms with Crippen molar-refractivity contribution in [1.82, 2.24) is 14.9 Å². The number of anilines is 2. The number of rotatable bonds is 5. The highest BCUT2D eigenvalue weighted by Gasteiger charge is 2.10. The Bertz CT molecular complexity index is 615. The summed E-state index contributed by atoms with van der Waals surface area (Å²) in [4.78, 5) is 22.0. The zero-order valence-corrected chi connectivity index (χ0v) is 11.6. The highest BCUT2D eigenvalue weighted by atomic mass is 16.2. The zero-order chi connectivity index (χ0) is 14.5. The monoisotopic (exact) mass is 274 g/mol. The highest BCUT2D eigenvalue weighted by molar-refractivity contribution is 5.91. The second-order valence-electron chi connectivity index (χ2n) is 4.32. The molecule has 20 heavy (non-hydrogen) atoms. The van der Waals surface area contributed by atoms with Crippen LogP contribution in [0.4, 0.5) is 11.8 Å². The molecule has 0 saturated carbocycles. The van der Waals surface area contributed by atoms with Crippen LogP contribution in [0.3, 0.4) is 0 Å². The van der Waals surface area contributed by atoms with Crippen molar-refractivity contribution in [2.24, 2.45) is 5.84 Å². The van der Waals surface area contributed by atoms with E-state index in [1.54, 1.807) is 11.9 Å². The first kappa shape index (κ1) is 14.0. The predicted molar refractivity (Wildman–Crippen MR) is 79.1 cm³/mol. The van der Waals surface area contributed by atoms with Gasteiger partial charge in [0.25, 0.3) is 0 Å². The molecule has 2 aromatic rings. The number of carbonyl (C=O) groups excluding carboxylic acids is 1. The first-order valence-corrected chi connectivity index (χ1v) is 6.37. The van der Waals surface area contributed by atoms with Gasteiger partial charge in [0.05, 0.1) is 12.1 Å². The van der Waals surface area contributed by atoms with Gasteiger partial charge in [-0.1, -0.05) is 12.1 Å². The number of amides is 1. The summed E-state index contributed by atoms with van der Waals surface area (Å²) in [5.74, 6) is 6.25. The number of hydrogen-bond donors (Lipinski definition) is 3. The summed E-state index contributed by atoms with van der Waals surface area (Å²) in [7, 11) is 1.76. The molecule has 7 nitrogen and oxygen atoms in total. The molecular formula is C13H18N6O. The minimum Gasteiger partial charge on any atom is -0.360 e. The van der Waals surface area contributed by atoms with Gasteiger partial charge in [0.1, 0.15) is 5.82 Å². The van der Waals surface area contributed by atoms with Crippen LogP contribution >= 0.6 is 0 Å². The molecule has 0 saturated heterocycles. The second-order valence-corrected chi connectivity index (χ2v) is 4.32. The third-order valence-corrected chi connectivity index (χ3v) is 3.04. The van der Waals surface area contributed by atoms with Gasteiger partial charge in [-0.25, -0.2) is 10.8 Å². The average molecular weight is 274 g/mol. The van der Waals surface area contributed by atoms with Crippen molar-refractivity contribution < 1.29 is 4.79 Å². The van der Waals surface area contributed by atoms with Gasteiger partial charge in [0, 0.05) is 19.0 Å². The van der Waals surface area contributed by atoms with E-state index in [9.17, 15) is 4.79 Å². The number of fused-ring (bicyclic) bond motifs is 1. The largest absolute Gasteiger partial charge is 0.360 e. The van der Waals surface area contributed by atoms with Crippen molar-refractivity contribution >= 4 is 28.6 Å². The van der Waals surface area contributed by atoms with Gasteiger partial charge >= 0.3 is 0 Å². The van der Waals surface area contributed by atoms with Crippen LogP contribution in [0, 0.1) is 0 Å². The molecule has 1 amide bonds. The van der Waals surface area contributed by atoms with Gasteiger partial charge < -0.3 is 10.2 Å². The third kappa shape index (κ3) is 2.94. The molecule has 7 heteroatoms. The number of para-hydroxylation sites is 1. The fourth-order valence-corrected chi connectivity index (χ4v) is 1.75. The van der Waals surface area contributed by atoms with Crippen LogP contribution < -0.4 is 16.6 Å². The molecule has 0 fully saturated rings. The Morgan fingerprint density at radius 1 is 1.35 bits per heavy atom. The van der Waals surface area contributed by atoms with Crippen molar-refractivity contribution in [3.8, 4) is 0 Å². The summed E-state index contributed by atoms with van der Waals surface area (Å²) in [6.45, 7) is 2.77. The van der Waals surface area contributed by atoms with Crippen LogP contribution in [0.15, 0.2) is 24.3 Å². The molecule has 106 valence electrons. The summed E-state index contributed by atoms with van der Waals surface area (Å²) in [6.07, 6.45) is 0. The van der Waals surface area contributed by atoms with Crippen molar-refractivity contribution in [2.45, 2.75) is 6.92 Å². The fourth-order valence-electron chi connectivity index (χ4n) is 1.75. The molecule has 0 unspecified atom stereocenters. The van der Waals surface area contributed by atoms with E-state index in [-0.39, 0.29) is 12.5 Å². The molecule has 0 aliphatic rings. The molecule has 1 aromatic carbocycles. The summed E-state index contributed by atoms with van der Waals surface area (Å²) in [5, 5.41) is 3.89. The normalized spacial score (nSPS) is 10.3. The number of nitrogen functional groups attached to an aromatic ring is 1. The number of hydrazine groups is 1. The first-order chi connectivity index (χ1) is 9.65. The van der Waals surface area contributed by atoms with Gasteiger partial charge in [0.2, 0.25) is 11.9 Å². The summed E-state index contributed by atoms with van der Waals surface area (Å²) in [5.41, 5.74) is 3.18. The van der Waals surface area contributed by atoms with Crippen molar-refractivity contribution in [1.29, 1.82) is 0 Å². The van der Waals surface area contributed by atoms with E-state index in [1.165, 1.54) is 0 Å². The number of carbonyl (C=O) groups is 1. The van der Waals surface area contributed by atoms with Gasteiger partial charge in [-0.3, -0.25) is 10.2 Å². The van der Waals surface area contributed by atoms with Crippen molar-refractivity contribution in [3.63, 3.8) is 0 Å². The molecule has 1 heterocycles. The smallest absolute Gasteiger partial charge is 0.241 e. The Kier molecular flexibility index (Phi) is 4.31. The molecule has 0 spiro atoms. The minimum atomic E-state index is -0.00236. The van der Waals surface area contributed by atoms with E-state index in [0.717, 1.165) is 10.9 Å². The van der Waals surface area contributed by atoms with Gasteiger partial charge in [-0.2, -0.15) is 4.98 Å².